The summed E-state index contributed by atoms with van der Waals surface area (Å²) < 4.78 is 44.5. The van der Waals surface area contributed by atoms with E-state index in [1.807, 2.05) is 0 Å². The van der Waals surface area contributed by atoms with E-state index in [-0.39, 0.29) is 17.9 Å². The van der Waals surface area contributed by atoms with Crippen LogP contribution >= 0.6 is 0 Å². The first-order chi connectivity index (χ1) is 15.8. The Morgan fingerprint density at radius 3 is 2.52 bits per heavy atom. The van der Waals surface area contributed by atoms with Crippen LogP contribution < -0.4 is 0 Å². The molecule has 2 atom stereocenters. The van der Waals surface area contributed by atoms with Crippen LogP contribution in [0.2, 0.25) is 0 Å². The number of hydrogen-bond donors (Lipinski definition) is 1. The van der Waals surface area contributed by atoms with Crippen LogP contribution in [0, 0.1) is 36.2 Å². The van der Waals surface area contributed by atoms with Crippen molar-refractivity contribution in [3.8, 4) is 11.8 Å². The lowest BCUT2D eigenvalue weighted by Crippen LogP contribution is -2.40. The Morgan fingerprint density at radius 1 is 1.03 bits per heavy atom. The van der Waals surface area contributed by atoms with Gasteiger partial charge < -0.3 is 5.11 Å². The third kappa shape index (κ3) is 4.66. The number of aryl methyl sites for hydroxylation is 1. The van der Waals surface area contributed by atoms with Gasteiger partial charge in [-0.15, -0.1) is 0 Å². The fraction of sp³-hybridized carbons (Fsp3) is 0.208. The highest BCUT2D eigenvalue weighted by molar-refractivity contribution is 5.42. The lowest BCUT2D eigenvalue weighted by molar-refractivity contribution is -0.0369. The molecule has 0 radical (unpaired) electrons. The zero-order valence-electron chi connectivity index (χ0n) is 17.9. The molecule has 0 unspecified atom stereocenters. The van der Waals surface area contributed by atoms with Crippen LogP contribution in [0.5, 0.6) is 0 Å². The standard InChI is InChI=1S/C24H20F3N5O/c1-16-9-18(5-8-22(16)26)3-4-19-11-29-32(12-19)17(2)24(33,13-31-15-28-14-30-31)21-7-6-20(25)10-23(21)27/h5-12,14-15,17,33H,13H2,1-2H3/t17-,24-/m1/s1. The van der Waals surface area contributed by atoms with Gasteiger partial charge in [-0.25, -0.2) is 22.8 Å². The van der Waals surface area contributed by atoms with Crippen molar-refractivity contribution in [3.05, 3.63) is 101 Å². The van der Waals surface area contributed by atoms with Crippen molar-refractivity contribution < 1.29 is 18.3 Å². The molecule has 2 heterocycles. The first-order valence-corrected chi connectivity index (χ1v) is 10.1. The number of aliphatic hydroxyl groups is 1. The number of nitrogens with zero attached hydrogens (tertiary/aromatic N) is 5. The van der Waals surface area contributed by atoms with Crippen LogP contribution in [-0.2, 0) is 12.1 Å². The molecule has 9 heteroatoms. The van der Waals surface area contributed by atoms with Gasteiger partial charge in [-0.05, 0) is 43.7 Å². The Hall–Kier alpha value is -3.90. The van der Waals surface area contributed by atoms with Crippen molar-refractivity contribution in [3.63, 3.8) is 0 Å². The predicted molar refractivity (Wildman–Crippen MR) is 114 cm³/mol. The molecular formula is C24H20F3N5O. The van der Waals surface area contributed by atoms with Crippen molar-refractivity contribution in [2.24, 2.45) is 0 Å². The zero-order valence-corrected chi connectivity index (χ0v) is 17.9. The van der Waals surface area contributed by atoms with Crippen molar-refractivity contribution in [2.75, 3.05) is 0 Å². The first-order valence-electron chi connectivity index (χ1n) is 10.1. The van der Waals surface area contributed by atoms with Crippen LogP contribution in [0.4, 0.5) is 13.2 Å². The minimum Gasteiger partial charge on any atom is -0.381 e. The Kier molecular flexibility index (Phi) is 6.03. The second-order valence-corrected chi connectivity index (χ2v) is 7.74. The second kappa shape index (κ2) is 8.92. The Balaban J connectivity index is 1.67. The summed E-state index contributed by atoms with van der Waals surface area (Å²) in [5.74, 6) is 3.96. The van der Waals surface area contributed by atoms with Crippen molar-refractivity contribution in [1.82, 2.24) is 24.5 Å². The molecule has 168 valence electrons. The van der Waals surface area contributed by atoms with Gasteiger partial charge in [0.1, 0.15) is 35.7 Å². The molecule has 4 rings (SSSR count). The van der Waals surface area contributed by atoms with Crippen LogP contribution in [0.1, 0.15) is 35.2 Å². The maximum atomic E-state index is 14.7. The number of hydrogen-bond acceptors (Lipinski definition) is 4. The fourth-order valence-corrected chi connectivity index (χ4v) is 3.54. The van der Waals surface area contributed by atoms with Crippen LogP contribution in [0.15, 0.2) is 61.4 Å². The van der Waals surface area contributed by atoms with Gasteiger partial charge in [0.05, 0.1) is 24.3 Å². The molecule has 0 spiro atoms. The molecule has 0 saturated carbocycles. The van der Waals surface area contributed by atoms with Gasteiger partial charge in [-0.2, -0.15) is 10.2 Å². The summed E-state index contributed by atoms with van der Waals surface area (Å²) in [7, 11) is 0. The Labute approximate surface area is 188 Å². The summed E-state index contributed by atoms with van der Waals surface area (Å²) in [6.07, 6.45) is 5.81. The van der Waals surface area contributed by atoms with Crippen LogP contribution in [0.3, 0.4) is 0 Å². The third-order valence-electron chi connectivity index (χ3n) is 5.47. The quantitative estimate of drug-likeness (QED) is 0.470. The van der Waals surface area contributed by atoms with E-state index < -0.39 is 23.3 Å². The summed E-state index contributed by atoms with van der Waals surface area (Å²) in [4.78, 5) is 3.86. The number of halogens is 3. The van der Waals surface area contributed by atoms with E-state index in [4.69, 9.17) is 0 Å². The lowest BCUT2D eigenvalue weighted by atomic mass is 9.86. The Bertz CT molecular complexity index is 1340. The van der Waals surface area contributed by atoms with Gasteiger partial charge >= 0.3 is 0 Å². The second-order valence-electron chi connectivity index (χ2n) is 7.74. The van der Waals surface area contributed by atoms with E-state index in [0.29, 0.717) is 16.7 Å². The summed E-state index contributed by atoms with van der Waals surface area (Å²) in [6, 6.07) is 6.80. The van der Waals surface area contributed by atoms with E-state index in [9.17, 15) is 18.3 Å². The number of rotatable bonds is 5. The topological polar surface area (TPSA) is 68.8 Å². The van der Waals surface area contributed by atoms with Gasteiger partial charge in [0.2, 0.25) is 0 Å². The average molecular weight is 451 g/mol. The summed E-state index contributed by atoms with van der Waals surface area (Å²) >= 11 is 0. The largest absolute Gasteiger partial charge is 0.381 e. The van der Waals surface area contributed by atoms with Crippen molar-refractivity contribution in [2.45, 2.75) is 32.0 Å². The van der Waals surface area contributed by atoms with Crippen LogP contribution in [-0.4, -0.2) is 29.7 Å². The molecule has 4 aromatic rings. The van der Waals surface area contributed by atoms with Crippen LogP contribution in [0.25, 0.3) is 0 Å². The maximum absolute atomic E-state index is 14.7. The van der Waals surface area contributed by atoms with Gasteiger partial charge in [0, 0.05) is 23.4 Å². The molecule has 2 aromatic heterocycles. The minimum absolute atomic E-state index is 0.100. The van der Waals surface area contributed by atoms with Gasteiger partial charge in [0.25, 0.3) is 0 Å². The summed E-state index contributed by atoms with van der Waals surface area (Å²) in [5, 5.41) is 19.9. The normalized spacial score (nSPS) is 13.8. The highest BCUT2D eigenvalue weighted by Gasteiger charge is 2.40. The van der Waals surface area contributed by atoms with Crippen molar-refractivity contribution in [1.29, 1.82) is 0 Å². The molecule has 0 saturated heterocycles. The minimum atomic E-state index is -1.84. The molecule has 6 nitrogen and oxygen atoms in total. The SMILES string of the molecule is Cc1cc(C#Cc2cnn([C@H](C)[C@](O)(Cn3cncn3)c3ccc(F)cc3F)c2)ccc1F. The van der Waals surface area contributed by atoms with E-state index in [2.05, 4.69) is 27.0 Å². The average Bonchev–Trinajstić information content (AvgIpc) is 3.46. The molecule has 33 heavy (non-hydrogen) atoms. The lowest BCUT2D eigenvalue weighted by Gasteiger charge is -2.34. The molecule has 2 aromatic carbocycles. The molecule has 0 aliphatic rings. The fourth-order valence-electron chi connectivity index (χ4n) is 3.54. The number of aromatic nitrogens is 5. The van der Waals surface area contributed by atoms with Gasteiger partial charge in [-0.1, -0.05) is 17.9 Å². The Morgan fingerprint density at radius 2 is 1.82 bits per heavy atom. The van der Waals surface area contributed by atoms with E-state index in [0.717, 1.165) is 12.1 Å². The summed E-state index contributed by atoms with van der Waals surface area (Å²) in [6.45, 7) is 3.17. The molecule has 0 fully saturated rings. The van der Waals surface area contributed by atoms with E-state index in [1.165, 1.54) is 40.3 Å². The highest BCUT2D eigenvalue weighted by atomic mass is 19.1. The number of benzene rings is 2. The van der Waals surface area contributed by atoms with Gasteiger partial charge in [0.15, 0.2) is 0 Å². The third-order valence-corrected chi connectivity index (χ3v) is 5.47. The van der Waals surface area contributed by atoms with Gasteiger partial charge in [-0.3, -0.25) is 4.68 Å². The molecule has 0 amide bonds. The maximum Gasteiger partial charge on any atom is 0.137 e. The predicted octanol–water partition coefficient (Wildman–Crippen LogP) is 3.75. The first kappa shape index (κ1) is 22.3. The molecular weight excluding hydrogens is 431 g/mol. The highest BCUT2D eigenvalue weighted by Crippen LogP contribution is 2.36. The van der Waals surface area contributed by atoms with E-state index in [1.54, 1.807) is 32.2 Å². The zero-order chi connectivity index (χ0) is 23.6. The monoisotopic (exact) mass is 451 g/mol. The molecule has 0 aliphatic carbocycles. The molecule has 0 aliphatic heterocycles. The van der Waals surface area contributed by atoms with E-state index >= 15 is 0 Å². The smallest absolute Gasteiger partial charge is 0.137 e. The van der Waals surface area contributed by atoms with Crippen molar-refractivity contribution >= 4 is 0 Å². The molecule has 0 bridgehead atoms. The summed E-state index contributed by atoms with van der Waals surface area (Å²) in [5.41, 5.74) is -0.254. The molecule has 1 N–H and O–H groups in total.